The Labute approximate surface area is 162 Å². The number of carboxylic acids is 1. The lowest BCUT2D eigenvalue weighted by atomic mass is 10.1. The van der Waals surface area contributed by atoms with Gasteiger partial charge < -0.3 is 20.5 Å². The van der Waals surface area contributed by atoms with Gasteiger partial charge in [0.1, 0.15) is 6.04 Å². The minimum Gasteiger partial charge on any atom is -0.480 e. The van der Waals surface area contributed by atoms with E-state index < -0.39 is 23.5 Å². The van der Waals surface area contributed by atoms with Gasteiger partial charge in [0.25, 0.3) is 5.91 Å². The summed E-state index contributed by atoms with van der Waals surface area (Å²) in [5, 5.41) is 14.7. The molecule has 2 rings (SSSR count). The van der Waals surface area contributed by atoms with Crippen molar-refractivity contribution in [2.75, 3.05) is 24.6 Å². The van der Waals surface area contributed by atoms with Gasteiger partial charge in [-0.3, -0.25) is 9.69 Å². The van der Waals surface area contributed by atoms with E-state index in [9.17, 15) is 19.5 Å². The Hall–Kier alpha value is -2.32. The largest absolute Gasteiger partial charge is 0.480 e. The third kappa shape index (κ3) is 5.83. The first-order valence-corrected chi connectivity index (χ1v) is 8.99. The number of carbonyl (C=O) groups is 3. The Kier molecular flexibility index (Phi) is 6.67. The number of aliphatic carboxylic acids is 1. The molecule has 0 aliphatic carbocycles. The summed E-state index contributed by atoms with van der Waals surface area (Å²) in [4.78, 5) is 37.3. The molecule has 1 aliphatic heterocycles. The lowest BCUT2D eigenvalue weighted by Crippen LogP contribution is -2.42. The van der Waals surface area contributed by atoms with Crippen molar-refractivity contribution in [3.05, 3.63) is 28.8 Å². The van der Waals surface area contributed by atoms with Gasteiger partial charge in [-0.05, 0) is 39.0 Å². The molecule has 0 spiro atoms. The fraction of sp³-hybridized carbons (Fsp3) is 0.500. The van der Waals surface area contributed by atoms with E-state index in [1.165, 1.54) is 17.0 Å². The van der Waals surface area contributed by atoms with Crippen molar-refractivity contribution in [3.63, 3.8) is 0 Å². The molecule has 1 atom stereocenters. The van der Waals surface area contributed by atoms with Crippen molar-refractivity contribution < 1.29 is 24.2 Å². The molecule has 1 aromatic carbocycles. The summed E-state index contributed by atoms with van der Waals surface area (Å²) in [6.07, 6.45) is 0.115. The van der Waals surface area contributed by atoms with Gasteiger partial charge in [-0.1, -0.05) is 11.6 Å². The fourth-order valence-corrected chi connectivity index (χ4v) is 2.75. The zero-order valence-electron chi connectivity index (χ0n) is 15.5. The van der Waals surface area contributed by atoms with Crippen LogP contribution >= 0.6 is 11.6 Å². The zero-order valence-corrected chi connectivity index (χ0v) is 16.3. The molecule has 3 amide bonds. The Morgan fingerprint density at radius 1 is 1.41 bits per heavy atom. The molecule has 1 unspecified atom stereocenters. The molecular formula is C18H24ClN3O5. The number of rotatable bonds is 7. The molecule has 8 nitrogen and oxygen atoms in total. The topological polar surface area (TPSA) is 108 Å². The maximum absolute atomic E-state index is 12.6. The molecular weight excluding hydrogens is 374 g/mol. The van der Waals surface area contributed by atoms with Crippen molar-refractivity contribution >= 4 is 35.2 Å². The number of urea groups is 1. The second-order valence-electron chi connectivity index (χ2n) is 7.16. The first-order valence-electron chi connectivity index (χ1n) is 8.61. The van der Waals surface area contributed by atoms with Crippen LogP contribution in [0.3, 0.4) is 0 Å². The quantitative estimate of drug-likeness (QED) is 0.654. The smallest absolute Gasteiger partial charge is 0.326 e. The van der Waals surface area contributed by atoms with Crippen LogP contribution in [-0.4, -0.2) is 54.4 Å². The maximum atomic E-state index is 12.6. The Morgan fingerprint density at radius 2 is 2.11 bits per heavy atom. The molecule has 0 radical (unpaired) electrons. The van der Waals surface area contributed by atoms with Crippen molar-refractivity contribution in [3.8, 4) is 0 Å². The van der Waals surface area contributed by atoms with Crippen LogP contribution < -0.4 is 15.5 Å². The van der Waals surface area contributed by atoms with Crippen molar-refractivity contribution in [2.45, 2.75) is 38.8 Å². The number of ether oxygens (including phenoxy) is 1. The minimum atomic E-state index is -1.16. The molecule has 148 valence electrons. The van der Waals surface area contributed by atoms with E-state index in [0.29, 0.717) is 18.8 Å². The summed E-state index contributed by atoms with van der Waals surface area (Å²) in [5.74, 6) is -1.78. The van der Waals surface area contributed by atoms with E-state index in [1.54, 1.807) is 6.07 Å². The number of nitrogens with one attached hydrogen (secondary N) is 2. The highest BCUT2D eigenvalue weighted by Gasteiger charge is 2.25. The van der Waals surface area contributed by atoms with Gasteiger partial charge in [-0.2, -0.15) is 0 Å². The molecule has 27 heavy (non-hydrogen) atoms. The highest BCUT2D eigenvalue weighted by molar-refractivity contribution is 6.34. The average molecular weight is 398 g/mol. The number of anilines is 1. The summed E-state index contributed by atoms with van der Waals surface area (Å²) in [7, 11) is 0. The number of carboxylic acid groups (broad SMARTS) is 1. The SMILES string of the molecule is CC(C)(C)OCCC(NC(=O)c1cc(N2CCNC2=O)ccc1Cl)C(=O)O. The summed E-state index contributed by atoms with van der Waals surface area (Å²) >= 11 is 6.11. The second-order valence-corrected chi connectivity index (χ2v) is 7.57. The van der Waals surface area contributed by atoms with E-state index >= 15 is 0 Å². The molecule has 0 bridgehead atoms. The van der Waals surface area contributed by atoms with E-state index in [2.05, 4.69) is 10.6 Å². The molecule has 1 aliphatic rings. The number of amides is 3. The van der Waals surface area contributed by atoms with Crippen LogP contribution in [0.25, 0.3) is 0 Å². The highest BCUT2D eigenvalue weighted by Crippen LogP contribution is 2.24. The first-order chi connectivity index (χ1) is 12.6. The lowest BCUT2D eigenvalue weighted by Gasteiger charge is -2.22. The maximum Gasteiger partial charge on any atom is 0.326 e. The summed E-state index contributed by atoms with van der Waals surface area (Å²) in [5.41, 5.74) is 0.223. The predicted octanol–water partition coefficient (Wildman–Crippen LogP) is 2.26. The Balaban J connectivity index is 2.10. The van der Waals surface area contributed by atoms with Crippen LogP contribution in [0.5, 0.6) is 0 Å². The summed E-state index contributed by atoms with van der Waals surface area (Å²) < 4.78 is 5.53. The Bertz CT molecular complexity index is 732. The van der Waals surface area contributed by atoms with Crippen LogP contribution in [0.15, 0.2) is 18.2 Å². The molecule has 1 saturated heterocycles. The Morgan fingerprint density at radius 3 is 2.67 bits per heavy atom. The standard InChI is InChI=1S/C18H24ClN3O5/c1-18(2,3)27-9-6-14(16(24)25)21-15(23)12-10-11(4-5-13(12)19)22-8-7-20-17(22)26/h4-5,10,14H,6-9H2,1-3H3,(H,20,26)(H,21,23)(H,24,25). The van der Waals surface area contributed by atoms with Crippen LogP contribution in [0.1, 0.15) is 37.6 Å². The molecule has 0 saturated carbocycles. The normalized spacial score (nSPS) is 15.4. The average Bonchev–Trinajstić information content (AvgIpc) is 2.99. The monoisotopic (exact) mass is 397 g/mol. The van der Waals surface area contributed by atoms with Gasteiger partial charge in [0.15, 0.2) is 0 Å². The summed E-state index contributed by atoms with van der Waals surface area (Å²) in [6.45, 7) is 6.76. The third-order valence-corrected chi connectivity index (χ3v) is 4.24. The molecule has 3 N–H and O–H groups in total. The van der Waals surface area contributed by atoms with E-state index in [0.717, 1.165) is 0 Å². The van der Waals surface area contributed by atoms with Gasteiger partial charge in [-0.15, -0.1) is 0 Å². The number of hydrogen-bond acceptors (Lipinski definition) is 4. The second kappa shape index (κ2) is 8.58. The molecule has 1 aromatic rings. The van der Waals surface area contributed by atoms with Crippen molar-refractivity contribution in [1.82, 2.24) is 10.6 Å². The first kappa shape index (κ1) is 21.0. The van der Waals surface area contributed by atoms with E-state index in [4.69, 9.17) is 16.3 Å². The van der Waals surface area contributed by atoms with Gasteiger partial charge in [0, 0.05) is 31.8 Å². The lowest BCUT2D eigenvalue weighted by molar-refractivity contribution is -0.140. The predicted molar refractivity (Wildman–Crippen MR) is 101 cm³/mol. The van der Waals surface area contributed by atoms with Gasteiger partial charge >= 0.3 is 12.0 Å². The van der Waals surface area contributed by atoms with Gasteiger partial charge in [0.05, 0.1) is 16.2 Å². The zero-order chi connectivity index (χ0) is 20.2. The summed E-state index contributed by atoms with van der Waals surface area (Å²) in [6, 6.07) is 3.25. The molecule has 0 aromatic heterocycles. The van der Waals surface area contributed by atoms with E-state index in [1.807, 2.05) is 20.8 Å². The van der Waals surface area contributed by atoms with Gasteiger partial charge in [-0.25, -0.2) is 9.59 Å². The van der Waals surface area contributed by atoms with Crippen LogP contribution in [0, 0.1) is 0 Å². The molecule has 9 heteroatoms. The van der Waals surface area contributed by atoms with Crippen LogP contribution in [-0.2, 0) is 9.53 Å². The van der Waals surface area contributed by atoms with Crippen LogP contribution in [0.2, 0.25) is 5.02 Å². The van der Waals surface area contributed by atoms with Gasteiger partial charge in [0.2, 0.25) is 0 Å². The van der Waals surface area contributed by atoms with Crippen LogP contribution in [0.4, 0.5) is 10.5 Å². The van der Waals surface area contributed by atoms with E-state index in [-0.39, 0.29) is 29.6 Å². The minimum absolute atomic E-state index is 0.108. The number of halogens is 1. The number of benzene rings is 1. The third-order valence-electron chi connectivity index (χ3n) is 3.91. The van der Waals surface area contributed by atoms with Crippen molar-refractivity contribution in [1.29, 1.82) is 0 Å². The fourth-order valence-electron chi connectivity index (χ4n) is 2.55. The molecule has 1 fully saturated rings. The number of nitrogens with zero attached hydrogens (tertiary/aromatic N) is 1. The molecule has 1 heterocycles. The highest BCUT2D eigenvalue weighted by atomic mass is 35.5. The van der Waals surface area contributed by atoms with Crippen molar-refractivity contribution in [2.24, 2.45) is 0 Å². The number of hydrogen-bond donors (Lipinski definition) is 3. The number of carbonyl (C=O) groups excluding carboxylic acids is 2.